The van der Waals surface area contributed by atoms with Crippen molar-refractivity contribution in [3.05, 3.63) is 33.3 Å². The molecular weight excluding hydrogens is 270 g/mol. The number of sulfonamides is 1. The molecule has 1 rings (SSSR count). The molecule has 0 aromatic heterocycles. The van der Waals surface area contributed by atoms with E-state index in [1.54, 1.807) is 6.07 Å². The lowest BCUT2D eigenvalue weighted by Gasteiger charge is -2.03. The SMILES string of the molecule is N#CCNS(=O)(=O)c1ccc(Cl)c([N+](=O)[O-])c1. The molecule has 0 unspecified atom stereocenters. The van der Waals surface area contributed by atoms with Crippen LogP contribution in [0.3, 0.4) is 0 Å². The zero-order valence-electron chi connectivity index (χ0n) is 8.25. The lowest BCUT2D eigenvalue weighted by Crippen LogP contribution is -2.23. The van der Waals surface area contributed by atoms with E-state index < -0.39 is 27.2 Å². The highest BCUT2D eigenvalue weighted by atomic mass is 35.5. The molecule has 90 valence electrons. The van der Waals surface area contributed by atoms with Crippen LogP contribution in [0.2, 0.25) is 5.02 Å². The van der Waals surface area contributed by atoms with Gasteiger partial charge in [0.25, 0.3) is 5.69 Å². The van der Waals surface area contributed by atoms with E-state index in [2.05, 4.69) is 0 Å². The van der Waals surface area contributed by atoms with Crippen molar-refractivity contribution in [1.82, 2.24) is 4.72 Å². The van der Waals surface area contributed by atoms with Gasteiger partial charge in [-0.3, -0.25) is 10.1 Å². The molecule has 0 aliphatic rings. The second-order valence-corrected chi connectivity index (χ2v) is 5.03. The summed E-state index contributed by atoms with van der Waals surface area (Å²) in [6.07, 6.45) is 0. The number of nitriles is 1. The third-order valence-corrected chi connectivity index (χ3v) is 3.48. The summed E-state index contributed by atoms with van der Waals surface area (Å²) in [5, 5.41) is 18.7. The van der Waals surface area contributed by atoms with Gasteiger partial charge in [-0.15, -0.1) is 0 Å². The quantitative estimate of drug-likeness (QED) is 0.501. The number of rotatable bonds is 4. The first-order chi connectivity index (χ1) is 7.88. The number of nitro groups is 1. The molecule has 0 aliphatic carbocycles. The van der Waals surface area contributed by atoms with Crippen molar-refractivity contribution < 1.29 is 13.3 Å². The normalized spacial score (nSPS) is 10.8. The van der Waals surface area contributed by atoms with Gasteiger partial charge in [0.05, 0.1) is 22.4 Å². The summed E-state index contributed by atoms with van der Waals surface area (Å²) in [7, 11) is -3.93. The van der Waals surface area contributed by atoms with Crippen LogP contribution in [0.5, 0.6) is 0 Å². The van der Waals surface area contributed by atoms with E-state index in [0.717, 1.165) is 18.2 Å². The fourth-order valence-corrected chi connectivity index (χ4v) is 2.13. The highest BCUT2D eigenvalue weighted by Crippen LogP contribution is 2.26. The summed E-state index contributed by atoms with van der Waals surface area (Å²) in [6.45, 7) is -0.418. The van der Waals surface area contributed by atoms with Crippen LogP contribution < -0.4 is 4.72 Å². The fourth-order valence-electron chi connectivity index (χ4n) is 1.01. The van der Waals surface area contributed by atoms with Gasteiger partial charge in [-0.1, -0.05) is 11.6 Å². The van der Waals surface area contributed by atoms with Crippen LogP contribution in [-0.2, 0) is 10.0 Å². The summed E-state index contributed by atoms with van der Waals surface area (Å²) in [6, 6.07) is 4.66. The van der Waals surface area contributed by atoms with Crippen LogP contribution in [0, 0.1) is 21.4 Å². The Kier molecular flexibility index (Phi) is 4.01. The molecule has 0 aliphatic heterocycles. The average molecular weight is 276 g/mol. The molecule has 0 fully saturated rings. The smallest absolute Gasteiger partial charge is 0.258 e. The van der Waals surface area contributed by atoms with Crippen LogP contribution >= 0.6 is 11.6 Å². The molecule has 0 radical (unpaired) electrons. The van der Waals surface area contributed by atoms with Gasteiger partial charge in [0, 0.05) is 6.07 Å². The van der Waals surface area contributed by atoms with E-state index in [0.29, 0.717) is 0 Å². The largest absolute Gasteiger partial charge is 0.289 e. The van der Waals surface area contributed by atoms with E-state index in [-0.39, 0.29) is 9.92 Å². The Balaban J connectivity index is 3.21. The molecule has 17 heavy (non-hydrogen) atoms. The molecule has 0 atom stereocenters. The molecule has 0 amide bonds. The Morgan fingerprint density at radius 1 is 1.53 bits per heavy atom. The van der Waals surface area contributed by atoms with Crippen molar-refractivity contribution in [2.45, 2.75) is 4.90 Å². The average Bonchev–Trinajstić information content (AvgIpc) is 2.26. The third-order valence-electron chi connectivity index (χ3n) is 1.77. The first-order valence-electron chi connectivity index (χ1n) is 4.19. The molecular formula is C8H6ClN3O4S. The van der Waals surface area contributed by atoms with Crippen molar-refractivity contribution in [3.8, 4) is 6.07 Å². The van der Waals surface area contributed by atoms with Crippen molar-refractivity contribution >= 4 is 27.3 Å². The molecule has 1 aromatic rings. The number of nitro benzene ring substituents is 1. The predicted octanol–water partition coefficient (Wildman–Crippen LogP) is 1.05. The molecule has 0 bridgehead atoms. The Hall–Kier alpha value is -1.69. The maximum atomic E-state index is 11.5. The van der Waals surface area contributed by atoms with E-state index in [1.807, 2.05) is 4.72 Å². The van der Waals surface area contributed by atoms with Gasteiger partial charge in [0.2, 0.25) is 10.0 Å². The van der Waals surface area contributed by atoms with Gasteiger partial charge in [0.1, 0.15) is 5.02 Å². The minimum atomic E-state index is -3.93. The Bertz CT molecular complexity index is 593. The number of benzene rings is 1. The number of halogens is 1. The molecule has 7 nitrogen and oxygen atoms in total. The van der Waals surface area contributed by atoms with Crippen LogP contribution in [0.25, 0.3) is 0 Å². The van der Waals surface area contributed by atoms with E-state index in [1.165, 1.54) is 0 Å². The number of hydrogen-bond donors (Lipinski definition) is 1. The second-order valence-electron chi connectivity index (χ2n) is 2.85. The van der Waals surface area contributed by atoms with Gasteiger partial charge in [-0.05, 0) is 12.1 Å². The lowest BCUT2D eigenvalue weighted by atomic mass is 10.3. The molecule has 9 heteroatoms. The number of hydrogen-bond acceptors (Lipinski definition) is 5. The zero-order chi connectivity index (χ0) is 13.1. The number of nitrogens with zero attached hydrogens (tertiary/aromatic N) is 2. The minimum Gasteiger partial charge on any atom is -0.258 e. The van der Waals surface area contributed by atoms with Gasteiger partial charge in [-0.2, -0.15) is 9.98 Å². The van der Waals surface area contributed by atoms with Crippen LogP contribution in [0.15, 0.2) is 23.1 Å². The van der Waals surface area contributed by atoms with Crippen molar-refractivity contribution in [2.75, 3.05) is 6.54 Å². The number of nitrogens with one attached hydrogen (secondary N) is 1. The maximum Gasteiger partial charge on any atom is 0.289 e. The topological polar surface area (TPSA) is 113 Å². The van der Waals surface area contributed by atoms with Crippen molar-refractivity contribution in [3.63, 3.8) is 0 Å². The Morgan fingerprint density at radius 3 is 2.71 bits per heavy atom. The standard InChI is InChI=1S/C8H6ClN3O4S/c9-7-2-1-6(5-8(7)12(13)14)17(15,16)11-4-3-10/h1-2,5,11H,4H2. The van der Waals surface area contributed by atoms with E-state index >= 15 is 0 Å². The van der Waals surface area contributed by atoms with E-state index in [4.69, 9.17) is 16.9 Å². The summed E-state index contributed by atoms with van der Waals surface area (Å²) in [5.74, 6) is 0. The first-order valence-corrected chi connectivity index (χ1v) is 6.05. The Morgan fingerprint density at radius 2 is 2.18 bits per heavy atom. The molecule has 0 heterocycles. The predicted molar refractivity (Wildman–Crippen MR) is 58.9 cm³/mol. The molecule has 0 spiro atoms. The van der Waals surface area contributed by atoms with Crippen molar-refractivity contribution in [1.29, 1.82) is 5.26 Å². The monoisotopic (exact) mass is 275 g/mol. The van der Waals surface area contributed by atoms with Gasteiger partial charge >= 0.3 is 0 Å². The van der Waals surface area contributed by atoms with Crippen LogP contribution in [0.4, 0.5) is 5.69 Å². The maximum absolute atomic E-state index is 11.5. The fraction of sp³-hybridized carbons (Fsp3) is 0.125. The third kappa shape index (κ3) is 3.13. The van der Waals surface area contributed by atoms with Gasteiger partial charge < -0.3 is 0 Å². The minimum absolute atomic E-state index is 0.158. The summed E-state index contributed by atoms with van der Waals surface area (Å²) in [4.78, 5) is 9.47. The van der Waals surface area contributed by atoms with E-state index in [9.17, 15) is 18.5 Å². The molecule has 1 aromatic carbocycles. The summed E-state index contributed by atoms with van der Waals surface area (Å²) < 4.78 is 25.1. The Labute approximate surface area is 102 Å². The highest BCUT2D eigenvalue weighted by Gasteiger charge is 2.20. The molecule has 0 saturated carbocycles. The van der Waals surface area contributed by atoms with Crippen molar-refractivity contribution in [2.24, 2.45) is 0 Å². The second kappa shape index (κ2) is 5.09. The lowest BCUT2D eigenvalue weighted by molar-refractivity contribution is -0.384. The van der Waals surface area contributed by atoms with Crippen LogP contribution in [-0.4, -0.2) is 19.9 Å². The molecule has 1 N–H and O–H groups in total. The van der Waals surface area contributed by atoms with Crippen LogP contribution in [0.1, 0.15) is 0 Å². The first kappa shape index (κ1) is 13.4. The highest BCUT2D eigenvalue weighted by molar-refractivity contribution is 7.89. The zero-order valence-corrected chi connectivity index (χ0v) is 9.83. The van der Waals surface area contributed by atoms with Gasteiger partial charge in [-0.25, -0.2) is 8.42 Å². The van der Waals surface area contributed by atoms with Gasteiger partial charge in [0.15, 0.2) is 0 Å². The summed E-state index contributed by atoms with van der Waals surface area (Å²) >= 11 is 5.54. The summed E-state index contributed by atoms with van der Waals surface area (Å²) in [5.41, 5.74) is -0.508. The molecule has 0 saturated heterocycles.